The fourth-order valence-corrected chi connectivity index (χ4v) is 10.3. The molecule has 0 aliphatic carbocycles. The number of carboxylic acids is 1. The van der Waals surface area contributed by atoms with E-state index in [9.17, 15) is 69.8 Å². The van der Waals surface area contributed by atoms with Gasteiger partial charge in [0.1, 0.15) is 41.7 Å². The Balaban J connectivity index is 0.000000259. The molecule has 9 rings (SSSR count). The second kappa shape index (κ2) is 34.2. The number of carbonyl (C=O) groups is 8. The molecule has 0 atom stereocenters. The summed E-state index contributed by atoms with van der Waals surface area (Å²) >= 11 is 9.27. The van der Waals surface area contributed by atoms with E-state index >= 15 is 0 Å². The van der Waals surface area contributed by atoms with Crippen LogP contribution in [0, 0.1) is 0 Å². The molecule has 0 saturated carbocycles. The molecule has 9 aromatic rings. The van der Waals surface area contributed by atoms with E-state index in [-0.39, 0.29) is 76.3 Å². The maximum Gasteiger partial charge on any atom is 0.416 e. The van der Waals surface area contributed by atoms with Crippen LogP contribution in [0.2, 0.25) is 5.02 Å². The van der Waals surface area contributed by atoms with Crippen molar-refractivity contribution < 1.29 is 93.5 Å². The smallest absolute Gasteiger partial charge is 0.416 e. The van der Waals surface area contributed by atoms with Gasteiger partial charge in [-0.05, 0) is 200 Å². The van der Waals surface area contributed by atoms with Crippen LogP contribution in [0.1, 0.15) is 95.6 Å². The van der Waals surface area contributed by atoms with Crippen LogP contribution in [0.25, 0.3) is 11.1 Å². The summed E-state index contributed by atoms with van der Waals surface area (Å²) in [6, 6.07) is 51.5. The van der Waals surface area contributed by atoms with Gasteiger partial charge in [-0.2, -0.15) is 26.3 Å². The predicted molar refractivity (Wildman–Crippen MR) is 370 cm³/mol. The molecule has 0 bridgehead atoms. The average molecular weight is 1490 g/mol. The molecule has 0 fully saturated rings. The van der Waals surface area contributed by atoms with Gasteiger partial charge >= 0.3 is 36.2 Å². The number of anilines is 2. The Morgan fingerprint density at radius 3 is 1.18 bits per heavy atom. The molecule has 0 aromatic heterocycles. The zero-order chi connectivity index (χ0) is 74.1. The SMILES string of the molecule is COc1ccc(CC(=O)Nc2ccc(C(=O)N(CC(=O)O)Cc3ccc(OC(=O)c4ccc(-c5ccc(Cl)cc5)cc4)cc3)cc2)c(C(F)(F)F)c1.COc1ccc(CC(=O)Nc2ccc(C(=O)N(CC(=O)OC(C)(C)C)Cc3ccc(OC(=O)c4ccc(Br)cc4)cc3)cc2)c(C(F)(F)F)c1. The van der Waals surface area contributed by atoms with Crippen LogP contribution in [0.4, 0.5) is 37.7 Å². The molecule has 0 radical (unpaired) electrons. The molecule has 3 N–H and O–H groups in total. The monoisotopic (exact) mass is 1480 g/mol. The topological polar surface area (TPSA) is 233 Å². The largest absolute Gasteiger partial charge is 0.497 e. The molecule has 0 aliphatic rings. The molecule has 0 unspecified atom stereocenters. The third-order valence-electron chi connectivity index (χ3n) is 14.8. The molecular weight excluding hydrogens is 1420 g/mol. The third kappa shape index (κ3) is 22.6. The summed E-state index contributed by atoms with van der Waals surface area (Å²) in [4.78, 5) is 104. The fourth-order valence-electron chi connectivity index (χ4n) is 9.93. The highest BCUT2D eigenvalue weighted by Crippen LogP contribution is 2.37. The molecule has 102 heavy (non-hydrogen) atoms. The first kappa shape index (κ1) is 76.4. The lowest BCUT2D eigenvalue weighted by molar-refractivity contribution is -0.155. The number of hydrogen-bond donors (Lipinski definition) is 3. The van der Waals surface area contributed by atoms with E-state index in [1.54, 1.807) is 118 Å². The Bertz CT molecular complexity index is 4480. The van der Waals surface area contributed by atoms with Crippen molar-refractivity contribution in [1.29, 1.82) is 0 Å². The van der Waals surface area contributed by atoms with Crippen LogP contribution in [-0.2, 0) is 62.2 Å². The van der Waals surface area contributed by atoms with Crippen LogP contribution in [0.3, 0.4) is 0 Å². The van der Waals surface area contributed by atoms with Gasteiger partial charge in [0.05, 0.1) is 49.3 Å². The minimum absolute atomic E-state index is 0.000435. The van der Waals surface area contributed by atoms with Crippen molar-refractivity contribution in [2.75, 3.05) is 37.9 Å². The molecule has 26 heteroatoms. The fraction of sp³-hybridized carbons (Fsp3) is 0.184. The molecule has 0 heterocycles. The summed E-state index contributed by atoms with van der Waals surface area (Å²) in [6.07, 6.45) is -10.5. The number of hydrogen-bond acceptors (Lipinski definition) is 13. The quantitative estimate of drug-likeness (QED) is 0.0307. The lowest BCUT2D eigenvalue weighted by Gasteiger charge is -2.25. The Hall–Kier alpha value is -11.3. The number of esters is 3. The minimum Gasteiger partial charge on any atom is -0.497 e. The van der Waals surface area contributed by atoms with Gasteiger partial charge in [-0.1, -0.05) is 88.2 Å². The molecule has 0 saturated heterocycles. The van der Waals surface area contributed by atoms with Crippen LogP contribution >= 0.6 is 27.5 Å². The number of nitrogens with zero attached hydrogens (tertiary/aromatic N) is 2. The molecule has 4 amide bonds. The maximum atomic E-state index is 13.6. The number of carbonyl (C=O) groups excluding carboxylic acids is 7. The normalized spacial score (nSPS) is 11.2. The Morgan fingerprint density at radius 2 is 0.814 bits per heavy atom. The highest BCUT2D eigenvalue weighted by molar-refractivity contribution is 9.10. The van der Waals surface area contributed by atoms with E-state index in [0.717, 1.165) is 32.6 Å². The number of aliphatic carboxylic acids is 1. The van der Waals surface area contributed by atoms with Crippen molar-refractivity contribution in [3.63, 3.8) is 0 Å². The van der Waals surface area contributed by atoms with Crippen molar-refractivity contribution in [3.8, 4) is 34.1 Å². The van der Waals surface area contributed by atoms with E-state index in [2.05, 4.69) is 26.6 Å². The van der Waals surface area contributed by atoms with Gasteiger partial charge in [-0.25, -0.2) is 9.59 Å². The number of ether oxygens (including phenoxy) is 5. The number of methoxy groups -OCH3 is 2. The van der Waals surface area contributed by atoms with Crippen molar-refractivity contribution in [1.82, 2.24) is 9.80 Å². The summed E-state index contributed by atoms with van der Waals surface area (Å²) in [7, 11) is 2.48. The van der Waals surface area contributed by atoms with Crippen molar-refractivity contribution in [3.05, 3.63) is 271 Å². The predicted octanol–water partition coefficient (Wildman–Crippen LogP) is 16.0. The molecule has 0 spiro atoms. The summed E-state index contributed by atoms with van der Waals surface area (Å²) < 4.78 is 108. The first-order valence-electron chi connectivity index (χ1n) is 30.8. The van der Waals surface area contributed by atoms with Crippen LogP contribution in [0.15, 0.2) is 211 Å². The lowest BCUT2D eigenvalue weighted by Crippen LogP contribution is -2.38. The number of nitrogens with one attached hydrogen (secondary N) is 2. The standard InChI is InChI=1S/C39H30ClF3N2O7.C37H34BrF3N2O7/c1-51-33-19-12-29(34(21-33)39(41,42)43)20-35(46)44-31-15-10-27(11-16-31)37(49)45(23-36(47)48)22-24-2-17-32(18-3-24)52-38(50)28-6-4-25(5-7-28)26-8-13-30(40)14-9-26;1-36(2,3)50-33(45)22-43(21-23-5-16-29(17-6-23)49-35(47)25-7-12-27(38)13-8-25)34(46)24-9-14-28(15-10-24)42-32(44)19-26-11-18-30(48-4)20-31(26)37(39,40)41/h2-19,21H,20,22-23H2,1H3,(H,44,46)(H,47,48);5-18,20H,19,21-22H2,1-4H3,(H,42,44). The number of amides is 4. The molecule has 528 valence electrons. The zero-order valence-electron chi connectivity index (χ0n) is 55.0. The summed E-state index contributed by atoms with van der Waals surface area (Å²) in [5.41, 5.74) is 1.25. The van der Waals surface area contributed by atoms with Crippen LogP contribution < -0.4 is 29.6 Å². The number of rotatable bonds is 23. The second-order valence-corrected chi connectivity index (χ2v) is 25.0. The van der Waals surface area contributed by atoms with E-state index in [0.29, 0.717) is 27.3 Å². The number of carboxylic acid groups (broad SMARTS) is 1. The third-order valence-corrected chi connectivity index (χ3v) is 15.6. The highest BCUT2D eigenvalue weighted by atomic mass is 79.9. The first-order valence-corrected chi connectivity index (χ1v) is 32.0. The molecule has 0 aliphatic heterocycles. The first-order chi connectivity index (χ1) is 48.3. The Kier molecular flexibility index (Phi) is 25.6. The van der Waals surface area contributed by atoms with Gasteiger partial charge in [-0.15, -0.1) is 0 Å². The molecule has 9 aromatic carbocycles. The molecule has 18 nitrogen and oxygen atoms in total. The summed E-state index contributed by atoms with van der Waals surface area (Å²) in [6.45, 7) is 4.03. The zero-order valence-corrected chi connectivity index (χ0v) is 57.4. The van der Waals surface area contributed by atoms with Gasteiger partial charge in [0.15, 0.2) is 0 Å². The van der Waals surface area contributed by atoms with E-state index in [4.69, 9.17) is 35.3 Å². The Morgan fingerprint density at radius 1 is 0.461 bits per heavy atom. The second-order valence-electron chi connectivity index (χ2n) is 23.6. The van der Waals surface area contributed by atoms with E-state index in [1.807, 2.05) is 12.1 Å². The minimum atomic E-state index is -4.70. The van der Waals surface area contributed by atoms with Crippen molar-refractivity contribution in [2.45, 2.75) is 64.7 Å². The number of benzene rings is 9. The average Bonchev–Trinajstić information content (AvgIpc) is 0.826. The van der Waals surface area contributed by atoms with E-state index in [1.165, 1.54) is 104 Å². The Labute approximate surface area is 594 Å². The van der Waals surface area contributed by atoms with Crippen molar-refractivity contribution in [2.24, 2.45) is 0 Å². The van der Waals surface area contributed by atoms with Gasteiger partial charge in [0.25, 0.3) is 11.8 Å². The van der Waals surface area contributed by atoms with Crippen LogP contribution in [0.5, 0.6) is 23.0 Å². The highest BCUT2D eigenvalue weighted by Gasteiger charge is 2.36. The lowest BCUT2D eigenvalue weighted by atomic mass is 10.0. The van der Waals surface area contributed by atoms with Gasteiger partial charge < -0.3 is 49.2 Å². The summed E-state index contributed by atoms with van der Waals surface area (Å²) in [5.74, 6) is -5.02. The van der Waals surface area contributed by atoms with E-state index < -0.39 is 96.0 Å². The van der Waals surface area contributed by atoms with Crippen LogP contribution in [-0.4, -0.2) is 95.3 Å². The number of halogens is 8. The summed E-state index contributed by atoms with van der Waals surface area (Å²) in [5, 5.41) is 15.2. The number of alkyl halides is 6. The van der Waals surface area contributed by atoms with Crippen molar-refractivity contribution >= 4 is 86.4 Å². The van der Waals surface area contributed by atoms with Gasteiger partial charge in [-0.3, -0.25) is 28.8 Å². The van der Waals surface area contributed by atoms with Gasteiger partial charge in [0.2, 0.25) is 11.8 Å². The maximum absolute atomic E-state index is 13.6. The molecular formula is C76H64BrClF6N4O14. The van der Waals surface area contributed by atoms with Gasteiger partial charge in [0, 0.05) is 45.1 Å².